The average molecular weight is 299 g/mol. The van der Waals surface area contributed by atoms with Crippen LogP contribution in [-0.2, 0) is 25.9 Å². The van der Waals surface area contributed by atoms with E-state index in [-0.39, 0.29) is 5.56 Å². The lowest BCUT2D eigenvalue weighted by atomic mass is 10.1. The molecule has 2 aromatic rings. The van der Waals surface area contributed by atoms with Gasteiger partial charge < -0.3 is 9.40 Å². The molecule has 1 aliphatic heterocycles. The molecular formula is C17H21N3O2. The number of nitrogens with one attached hydrogen (secondary N) is 1. The molecule has 5 nitrogen and oxygen atoms in total. The van der Waals surface area contributed by atoms with Gasteiger partial charge in [0.2, 0.25) is 0 Å². The molecule has 2 aromatic heterocycles. The number of aryl methyl sites for hydroxylation is 1. The summed E-state index contributed by atoms with van der Waals surface area (Å²) in [7, 11) is 0. The Bertz CT molecular complexity index is 743. The Hall–Kier alpha value is -1.88. The fourth-order valence-corrected chi connectivity index (χ4v) is 3.10. The molecule has 22 heavy (non-hydrogen) atoms. The van der Waals surface area contributed by atoms with E-state index < -0.39 is 0 Å². The zero-order chi connectivity index (χ0) is 15.1. The summed E-state index contributed by atoms with van der Waals surface area (Å²) < 4.78 is 5.77. The molecule has 2 aliphatic rings. The Morgan fingerprint density at radius 2 is 2.18 bits per heavy atom. The van der Waals surface area contributed by atoms with Crippen LogP contribution in [0, 0.1) is 0 Å². The number of aromatic nitrogens is 2. The molecule has 1 saturated carbocycles. The van der Waals surface area contributed by atoms with Crippen LogP contribution in [0.1, 0.15) is 54.3 Å². The van der Waals surface area contributed by atoms with E-state index in [1.54, 1.807) is 0 Å². The van der Waals surface area contributed by atoms with Crippen LogP contribution in [0.15, 0.2) is 21.3 Å². The van der Waals surface area contributed by atoms with Crippen molar-refractivity contribution in [2.75, 3.05) is 6.54 Å². The number of aromatic amines is 1. The topological polar surface area (TPSA) is 62.1 Å². The SMILES string of the molecule is CCc1ccc(CN2CCc3nc(C4CC4)[nH]c(=O)c3C2)o1. The molecular weight excluding hydrogens is 278 g/mol. The van der Waals surface area contributed by atoms with Crippen LogP contribution < -0.4 is 5.56 Å². The minimum Gasteiger partial charge on any atom is -0.465 e. The number of hydrogen-bond donors (Lipinski definition) is 1. The van der Waals surface area contributed by atoms with Crippen molar-refractivity contribution in [1.82, 2.24) is 14.9 Å². The summed E-state index contributed by atoms with van der Waals surface area (Å²) in [6.45, 7) is 4.42. The molecule has 0 spiro atoms. The third-order valence-electron chi connectivity index (χ3n) is 4.58. The summed E-state index contributed by atoms with van der Waals surface area (Å²) in [6.07, 6.45) is 4.08. The lowest BCUT2D eigenvalue weighted by molar-refractivity contribution is 0.220. The van der Waals surface area contributed by atoms with Gasteiger partial charge in [0.15, 0.2) is 0 Å². The van der Waals surface area contributed by atoms with Crippen LogP contribution in [0.4, 0.5) is 0 Å². The second-order valence-corrected chi connectivity index (χ2v) is 6.33. The summed E-state index contributed by atoms with van der Waals surface area (Å²) >= 11 is 0. The van der Waals surface area contributed by atoms with E-state index in [1.165, 1.54) is 0 Å². The second-order valence-electron chi connectivity index (χ2n) is 6.33. The quantitative estimate of drug-likeness (QED) is 0.941. The van der Waals surface area contributed by atoms with Crippen LogP contribution in [0.5, 0.6) is 0 Å². The molecule has 0 unspecified atom stereocenters. The molecule has 0 saturated heterocycles. The smallest absolute Gasteiger partial charge is 0.255 e. The summed E-state index contributed by atoms with van der Waals surface area (Å²) in [5.74, 6) is 3.38. The van der Waals surface area contributed by atoms with E-state index in [0.717, 1.165) is 67.4 Å². The van der Waals surface area contributed by atoms with Gasteiger partial charge in [-0.25, -0.2) is 4.98 Å². The largest absolute Gasteiger partial charge is 0.465 e. The first-order chi connectivity index (χ1) is 10.7. The van der Waals surface area contributed by atoms with Crippen molar-refractivity contribution in [3.8, 4) is 0 Å². The summed E-state index contributed by atoms with van der Waals surface area (Å²) in [5, 5.41) is 0. The van der Waals surface area contributed by atoms with Gasteiger partial charge in [-0.3, -0.25) is 9.69 Å². The highest BCUT2D eigenvalue weighted by molar-refractivity contribution is 5.23. The van der Waals surface area contributed by atoms with E-state index in [9.17, 15) is 4.79 Å². The van der Waals surface area contributed by atoms with Crippen molar-refractivity contribution in [2.24, 2.45) is 0 Å². The van der Waals surface area contributed by atoms with Crippen LogP contribution in [0.2, 0.25) is 0 Å². The molecule has 3 heterocycles. The zero-order valence-corrected chi connectivity index (χ0v) is 12.9. The van der Waals surface area contributed by atoms with Crippen molar-refractivity contribution in [1.29, 1.82) is 0 Å². The van der Waals surface area contributed by atoms with Gasteiger partial charge >= 0.3 is 0 Å². The highest BCUT2D eigenvalue weighted by Crippen LogP contribution is 2.37. The molecule has 0 radical (unpaired) electrons. The summed E-state index contributed by atoms with van der Waals surface area (Å²) in [6, 6.07) is 4.07. The number of fused-ring (bicyclic) bond motifs is 1. The molecule has 0 atom stereocenters. The fraction of sp³-hybridized carbons (Fsp3) is 0.529. The van der Waals surface area contributed by atoms with Crippen LogP contribution in [0.3, 0.4) is 0 Å². The standard InChI is InChI=1S/C17H21N3O2/c1-2-12-5-6-13(22-12)9-20-8-7-15-14(10-20)17(21)19-16(18-15)11-3-4-11/h5-6,11H,2-4,7-10H2,1H3,(H,18,19,21). The lowest BCUT2D eigenvalue weighted by Crippen LogP contribution is -2.35. The first-order valence-electron chi connectivity index (χ1n) is 8.15. The lowest BCUT2D eigenvalue weighted by Gasteiger charge is -2.26. The van der Waals surface area contributed by atoms with E-state index in [2.05, 4.69) is 21.8 Å². The zero-order valence-electron chi connectivity index (χ0n) is 12.9. The third kappa shape index (κ3) is 2.61. The van der Waals surface area contributed by atoms with Crippen molar-refractivity contribution in [3.63, 3.8) is 0 Å². The van der Waals surface area contributed by atoms with E-state index in [4.69, 9.17) is 4.42 Å². The fourth-order valence-electron chi connectivity index (χ4n) is 3.10. The maximum absolute atomic E-state index is 12.3. The van der Waals surface area contributed by atoms with Crippen LogP contribution in [-0.4, -0.2) is 21.4 Å². The van der Waals surface area contributed by atoms with Crippen molar-refractivity contribution < 1.29 is 4.42 Å². The minimum absolute atomic E-state index is 0.0466. The molecule has 1 fully saturated rings. The van der Waals surface area contributed by atoms with Gasteiger partial charge in [-0.1, -0.05) is 6.92 Å². The Balaban J connectivity index is 1.52. The molecule has 5 heteroatoms. The predicted octanol–water partition coefficient (Wildman–Crippen LogP) is 2.36. The van der Waals surface area contributed by atoms with Gasteiger partial charge in [0.05, 0.1) is 17.8 Å². The van der Waals surface area contributed by atoms with Crippen LogP contribution in [0.25, 0.3) is 0 Å². The number of rotatable bonds is 4. The summed E-state index contributed by atoms with van der Waals surface area (Å²) in [4.78, 5) is 22.2. The maximum atomic E-state index is 12.3. The molecule has 1 N–H and O–H groups in total. The van der Waals surface area contributed by atoms with Gasteiger partial charge in [-0.2, -0.15) is 0 Å². The van der Waals surface area contributed by atoms with Gasteiger partial charge in [0.1, 0.15) is 17.3 Å². The normalized spacial score (nSPS) is 18.4. The minimum atomic E-state index is 0.0466. The molecule has 0 amide bonds. The van der Waals surface area contributed by atoms with Crippen molar-refractivity contribution >= 4 is 0 Å². The van der Waals surface area contributed by atoms with Gasteiger partial charge in [0.25, 0.3) is 5.56 Å². The third-order valence-corrected chi connectivity index (χ3v) is 4.58. The van der Waals surface area contributed by atoms with E-state index in [0.29, 0.717) is 12.5 Å². The van der Waals surface area contributed by atoms with Crippen molar-refractivity contribution in [3.05, 3.63) is 51.1 Å². The molecule has 4 rings (SSSR count). The average Bonchev–Trinajstić information content (AvgIpc) is 3.28. The maximum Gasteiger partial charge on any atom is 0.255 e. The van der Waals surface area contributed by atoms with E-state index >= 15 is 0 Å². The van der Waals surface area contributed by atoms with E-state index in [1.807, 2.05) is 12.1 Å². The van der Waals surface area contributed by atoms with Gasteiger partial charge in [0, 0.05) is 31.8 Å². The first-order valence-corrected chi connectivity index (χ1v) is 8.15. The highest BCUT2D eigenvalue weighted by Gasteiger charge is 2.29. The van der Waals surface area contributed by atoms with Crippen LogP contribution >= 0.6 is 0 Å². The van der Waals surface area contributed by atoms with Gasteiger partial charge in [-0.15, -0.1) is 0 Å². The molecule has 0 bridgehead atoms. The molecule has 116 valence electrons. The highest BCUT2D eigenvalue weighted by atomic mass is 16.3. The number of nitrogens with zero attached hydrogens (tertiary/aromatic N) is 2. The van der Waals surface area contributed by atoms with Crippen molar-refractivity contribution in [2.45, 2.75) is 51.6 Å². The number of H-pyrrole nitrogens is 1. The number of furan rings is 1. The monoisotopic (exact) mass is 299 g/mol. The Kier molecular flexibility index (Phi) is 3.37. The Labute approximate surface area is 129 Å². The second kappa shape index (κ2) is 5.39. The van der Waals surface area contributed by atoms with Gasteiger partial charge in [-0.05, 0) is 25.0 Å². The Morgan fingerprint density at radius 1 is 1.36 bits per heavy atom. The summed E-state index contributed by atoms with van der Waals surface area (Å²) in [5.41, 5.74) is 1.87. The first kappa shape index (κ1) is 13.8. The number of hydrogen-bond acceptors (Lipinski definition) is 4. The molecule has 0 aromatic carbocycles. The molecule has 1 aliphatic carbocycles. The Morgan fingerprint density at radius 3 is 2.91 bits per heavy atom. The predicted molar refractivity (Wildman–Crippen MR) is 82.7 cm³/mol.